The van der Waals surface area contributed by atoms with Crippen molar-refractivity contribution in [3.05, 3.63) is 77.6 Å². The Labute approximate surface area is 181 Å². The molecule has 3 heterocycles. The molecule has 7 nitrogen and oxygen atoms in total. The minimum atomic E-state index is -3.59. The molecular formula is C23H23N3O4S. The van der Waals surface area contributed by atoms with E-state index in [1.165, 1.54) is 16.6 Å². The molecule has 0 bridgehead atoms. The topological polar surface area (TPSA) is 80.6 Å². The zero-order chi connectivity index (χ0) is 21.6. The van der Waals surface area contributed by atoms with Crippen molar-refractivity contribution in [1.29, 1.82) is 0 Å². The van der Waals surface area contributed by atoms with Gasteiger partial charge in [0, 0.05) is 37.5 Å². The molecule has 160 valence electrons. The predicted molar refractivity (Wildman–Crippen MR) is 116 cm³/mol. The maximum absolute atomic E-state index is 13.2. The van der Waals surface area contributed by atoms with Crippen molar-refractivity contribution in [2.45, 2.75) is 23.8 Å². The molecule has 0 atom stereocenters. The summed E-state index contributed by atoms with van der Waals surface area (Å²) in [6.45, 7) is 1.04. The van der Waals surface area contributed by atoms with Crippen molar-refractivity contribution in [2.24, 2.45) is 7.05 Å². The summed E-state index contributed by atoms with van der Waals surface area (Å²) >= 11 is 0. The van der Waals surface area contributed by atoms with E-state index in [1.807, 2.05) is 48.5 Å². The van der Waals surface area contributed by atoms with Gasteiger partial charge in [0.1, 0.15) is 22.1 Å². The van der Waals surface area contributed by atoms with Crippen molar-refractivity contribution in [2.75, 3.05) is 13.1 Å². The van der Waals surface area contributed by atoms with Crippen molar-refractivity contribution in [3.63, 3.8) is 0 Å². The Bertz CT molecular complexity index is 1210. The largest absolute Gasteiger partial charge is 0.457 e. The molecule has 0 radical (unpaired) electrons. The third-order valence-electron chi connectivity index (χ3n) is 5.87. The molecule has 0 aliphatic carbocycles. The average Bonchev–Trinajstić information content (AvgIpc) is 3.44. The van der Waals surface area contributed by atoms with E-state index < -0.39 is 16.1 Å². The van der Waals surface area contributed by atoms with Crippen LogP contribution >= 0.6 is 0 Å². The smallest absolute Gasteiger partial charge is 0.268 e. The molecule has 1 saturated heterocycles. The molecule has 2 aliphatic rings. The Morgan fingerprint density at radius 1 is 1.00 bits per heavy atom. The molecule has 3 aromatic rings. The highest BCUT2D eigenvalue weighted by Gasteiger charge is 2.32. The lowest BCUT2D eigenvalue weighted by atomic mass is 9.94. The number of nitrogens with zero attached hydrogens (tertiary/aromatic N) is 2. The second-order valence-electron chi connectivity index (χ2n) is 7.87. The fourth-order valence-electron chi connectivity index (χ4n) is 4.25. The van der Waals surface area contributed by atoms with Crippen molar-refractivity contribution < 1.29 is 17.9 Å². The molecule has 8 heteroatoms. The number of sulfonamides is 1. The van der Waals surface area contributed by atoms with Gasteiger partial charge in [-0.2, -0.15) is 4.31 Å². The number of para-hydroxylation sites is 2. The van der Waals surface area contributed by atoms with Crippen molar-refractivity contribution >= 4 is 15.9 Å². The Morgan fingerprint density at radius 3 is 2.19 bits per heavy atom. The van der Waals surface area contributed by atoms with Crippen LogP contribution in [-0.4, -0.2) is 36.3 Å². The number of benzene rings is 2. The zero-order valence-electron chi connectivity index (χ0n) is 17.1. The molecule has 31 heavy (non-hydrogen) atoms. The summed E-state index contributed by atoms with van der Waals surface area (Å²) in [5, 5.41) is 3.07. The van der Waals surface area contributed by atoms with E-state index in [-0.39, 0.29) is 10.8 Å². The third kappa shape index (κ3) is 3.41. The normalized spacial score (nSPS) is 16.4. The summed E-state index contributed by atoms with van der Waals surface area (Å²) < 4.78 is 34.8. The van der Waals surface area contributed by atoms with E-state index in [0.29, 0.717) is 30.3 Å². The lowest BCUT2D eigenvalue weighted by Gasteiger charge is -2.28. The number of amides is 1. The highest BCUT2D eigenvalue weighted by molar-refractivity contribution is 7.89. The number of hydrogen-bond donors (Lipinski definition) is 1. The molecular weight excluding hydrogens is 414 g/mol. The minimum absolute atomic E-state index is 0.148. The van der Waals surface area contributed by atoms with Gasteiger partial charge in [-0.3, -0.25) is 4.79 Å². The molecule has 0 spiro atoms. The summed E-state index contributed by atoms with van der Waals surface area (Å²) in [5.74, 6) is 1.04. The first-order valence-electron chi connectivity index (χ1n) is 10.3. The minimum Gasteiger partial charge on any atom is -0.457 e. The van der Waals surface area contributed by atoms with E-state index in [2.05, 4.69) is 5.32 Å². The van der Waals surface area contributed by atoms with Crippen molar-refractivity contribution in [3.8, 4) is 11.5 Å². The van der Waals surface area contributed by atoms with Gasteiger partial charge >= 0.3 is 0 Å². The number of carbonyl (C=O) groups is 1. The number of ether oxygens (including phenoxy) is 1. The first kappa shape index (κ1) is 19.8. The number of hydrogen-bond acceptors (Lipinski definition) is 4. The molecule has 0 unspecified atom stereocenters. The molecule has 1 aromatic heterocycles. The number of nitrogens with one attached hydrogen (secondary N) is 1. The highest BCUT2D eigenvalue weighted by Crippen LogP contribution is 2.42. The second kappa shape index (κ2) is 7.55. The fourth-order valence-corrected chi connectivity index (χ4v) is 5.84. The fraction of sp³-hybridized carbons (Fsp3) is 0.261. The van der Waals surface area contributed by atoms with Crippen LogP contribution in [-0.2, 0) is 17.1 Å². The van der Waals surface area contributed by atoms with Crippen molar-refractivity contribution in [1.82, 2.24) is 14.2 Å². The number of rotatable bonds is 4. The van der Waals surface area contributed by atoms with Crippen LogP contribution in [0, 0.1) is 0 Å². The first-order chi connectivity index (χ1) is 14.9. The van der Waals surface area contributed by atoms with Gasteiger partial charge in [0.05, 0.1) is 6.04 Å². The molecule has 0 saturated carbocycles. The molecule has 1 amide bonds. The van der Waals surface area contributed by atoms with Gasteiger partial charge in [-0.05, 0) is 31.0 Å². The Morgan fingerprint density at radius 2 is 1.58 bits per heavy atom. The van der Waals surface area contributed by atoms with Gasteiger partial charge in [-0.25, -0.2) is 8.42 Å². The zero-order valence-corrected chi connectivity index (χ0v) is 17.9. The van der Waals surface area contributed by atoms with Gasteiger partial charge in [-0.15, -0.1) is 0 Å². The lowest BCUT2D eigenvalue weighted by molar-refractivity contribution is 0.0933. The molecule has 1 fully saturated rings. The second-order valence-corrected chi connectivity index (χ2v) is 9.81. The molecule has 2 aromatic carbocycles. The predicted octanol–water partition coefficient (Wildman–Crippen LogP) is 3.43. The van der Waals surface area contributed by atoms with Crippen LogP contribution in [0.4, 0.5) is 0 Å². The maximum Gasteiger partial charge on any atom is 0.268 e. The number of fused-ring (bicyclic) bond motifs is 2. The summed E-state index contributed by atoms with van der Waals surface area (Å²) in [5.41, 5.74) is 2.00. The Balaban J connectivity index is 1.47. The van der Waals surface area contributed by atoms with E-state index in [0.717, 1.165) is 24.0 Å². The van der Waals surface area contributed by atoms with Crippen LogP contribution in [0.25, 0.3) is 0 Å². The van der Waals surface area contributed by atoms with Crippen LogP contribution in [0.5, 0.6) is 11.5 Å². The summed E-state index contributed by atoms with van der Waals surface area (Å²) in [4.78, 5) is 13.4. The quantitative estimate of drug-likeness (QED) is 0.678. The highest BCUT2D eigenvalue weighted by atomic mass is 32.2. The van der Waals surface area contributed by atoms with Gasteiger partial charge in [0.15, 0.2) is 0 Å². The van der Waals surface area contributed by atoms with Crippen LogP contribution < -0.4 is 10.1 Å². The summed E-state index contributed by atoms with van der Waals surface area (Å²) in [7, 11) is -1.91. The number of aryl methyl sites for hydroxylation is 1. The average molecular weight is 438 g/mol. The SMILES string of the molecule is Cn1cc(S(=O)(=O)N2CCCC2)cc1C(=O)NC1c2ccccc2Oc2ccccc21. The molecule has 1 N–H and O–H groups in total. The summed E-state index contributed by atoms with van der Waals surface area (Å²) in [6, 6.07) is 16.2. The third-order valence-corrected chi connectivity index (χ3v) is 7.73. The van der Waals surface area contributed by atoms with Gasteiger partial charge in [0.25, 0.3) is 5.91 Å². The van der Waals surface area contributed by atoms with Crippen LogP contribution in [0.15, 0.2) is 65.7 Å². The monoisotopic (exact) mass is 437 g/mol. The molecule has 2 aliphatic heterocycles. The van der Waals surface area contributed by atoms with Crippen LogP contribution in [0.3, 0.4) is 0 Å². The standard InChI is InChI=1S/C23H23N3O4S/c1-25-15-16(31(28,29)26-12-6-7-13-26)14-19(25)23(27)24-22-17-8-2-4-10-20(17)30-21-11-5-3-9-18(21)22/h2-5,8-11,14-15,22H,6-7,12-13H2,1H3,(H,24,27). The van der Waals surface area contributed by atoms with Gasteiger partial charge in [0.2, 0.25) is 10.0 Å². The summed E-state index contributed by atoms with van der Waals surface area (Å²) in [6.07, 6.45) is 3.23. The Kier molecular flexibility index (Phi) is 4.83. The lowest BCUT2D eigenvalue weighted by Crippen LogP contribution is -2.32. The molecule has 5 rings (SSSR count). The van der Waals surface area contributed by atoms with E-state index in [1.54, 1.807) is 11.6 Å². The van der Waals surface area contributed by atoms with E-state index in [9.17, 15) is 13.2 Å². The number of aromatic nitrogens is 1. The van der Waals surface area contributed by atoms with Gasteiger partial charge < -0.3 is 14.6 Å². The maximum atomic E-state index is 13.2. The number of carbonyl (C=O) groups excluding carboxylic acids is 1. The van der Waals surface area contributed by atoms with Gasteiger partial charge in [-0.1, -0.05) is 36.4 Å². The van der Waals surface area contributed by atoms with Crippen LogP contribution in [0.2, 0.25) is 0 Å². The van der Waals surface area contributed by atoms with Crippen LogP contribution in [0.1, 0.15) is 40.5 Å². The Hall–Kier alpha value is -3.10. The van der Waals surface area contributed by atoms with E-state index in [4.69, 9.17) is 4.74 Å². The first-order valence-corrected chi connectivity index (χ1v) is 11.7. The van der Waals surface area contributed by atoms with E-state index >= 15 is 0 Å².